The highest BCUT2D eigenvalue weighted by molar-refractivity contribution is 5.73. The lowest BCUT2D eigenvalue weighted by Crippen LogP contribution is -2.72. The molecule has 3 heterocycles. The molecule has 3 N–H and O–H groups in total. The van der Waals surface area contributed by atoms with E-state index in [9.17, 15) is 39.5 Å². The van der Waals surface area contributed by atoms with Crippen molar-refractivity contribution < 1.29 is 74.0 Å². The molecule has 0 aromatic carbocycles. The van der Waals surface area contributed by atoms with Gasteiger partial charge in [-0.2, -0.15) is 39.5 Å². The zero-order valence-electron chi connectivity index (χ0n) is 24.7. The van der Waals surface area contributed by atoms with Gasteiger partial charge in [0.15, 0.2) is 0 Å². The largest absolute Gasteiger partial charge is 0.490 e. The number of hydrogen-bond acceptors (Lipinski definition) is 7. The summed E-state index contributed by atoms with van der Waals surface area (Å²) in [6.45, 7) is 6.75. The number of ether oxygens (including phenoxy) is 1. The van der Waals surface area contributed by atoms with Gasteiger partial charge in [-0.05, 0) is 68.8 Å². The third kappa shape index (κ3) is 14.9. The average Bonchev–Trinajstić information content (AvgIpc) is 3.43. The molecule has 46 heavy (non-hydrogen) atoms. The predicted octanol–water partition coefficient (Wildman–Crippen LogP) is 5.08. The quantitative estimate of drug-likeness (QED) is 0.347. The maximum Gasteiger partial charge on any atom is 0.490 e. The maximum atomic E-state index is 10.6. The first-order valence-corrected chi connectivity index (χ1v) is 13.9. The summed E-state index contributed by atoms with van der Waals surface area (Å²) in [5, 5.41) is 21.4. The molecule has 264 valence electrons. The summed E-state index contributed by atoms with van der Waals surface area (Å²) >= 11 is 0. The average molecular weight is 686 g/mol. The van der Waals surface area contributed by atoms with Gasteiger partial charge in [0.25, 0.3) is 0 Å². The van der Waals surface area contributed by atoms with Crippen molar-refractivity contribution in [3.8, 4) is 0 Å². The Labute approximate surface area is 258 Å². The minimum atomic E-state index is -5.08. The smallest absolute Gasteiger partial charge is 0.475 e. The summed E-state index contributed by atoms with van der Waals surface area (Å²) in [5.74, 6) is -6.58. The Hall–Kier alpha value is -3.19. The number of rotatable bonds is 6. The highest BCUT2D eigenvalue weighted by atomic mass is 19.4. The number of halogens is 9. The van der Waals surface area contributed by atoms with E-state index in [1.165, 1.54) is 70.3 Å². The Balaban J connectivity index is 0.000000413. The molecular weight excluding hydrogens is 649 g/mol. The Bertz CT molecular complexity index is 1030. The van der Waals surface area contributed by atoms with Gasteiger partial charge in [0.2, 0.25) is 0 Å². The number of likely N-dealkylation sites (N-methyl/N-ethyl adjacent to an activating group) is 1. The Morgan fingerprint density at radius 1 is 0.826 bits per heavy atom. The van der Waals surface area contributed by atoms with Gasteiger partial charge >= 0.3 is 36.4 Å². The summed E-state index contributed by atoms with van der Waals surface area (Å²) in [7, 11) is 2.33. The van der Waals surface area contributed by atoms with E-state index in [0.717, 1.165) is 19.1 Å². The molecule has 1 saturated carbocycles. The SMILES string of the molecule is CN1CCC(COCc2ccncc2)CC12CN(CC1CCCC1)C2.O=C(O)C(F)(F)F.O=C(O)C(F)(F)F.O=C(O)C(F)(F)F. The van der Waals surface area contributed by atoms with Crippen LogP contribution >= 0.6 is 0 Å². The van der Waals surface area contributed by atoms with Crippen molar-refractivity contribution in [1.29, 1.82) is 0 Å². The standard InChI is InChI=1S/C21H33N3O.3C2HF3O2/c1-23-11-8-20(15-25-14-19-6-9-22-10-7-19)12-21(23)16-24(17-21)13-18-4-2-3-5-18;3*3-2(4,5)1(6)7/h6-7,9-10,18,20H,2-5,8,11-17H2,1H3;3*(H,6,7). The van der Waals surface area contributed by atoms with Crippen molar-refractivity contribution in [2.45, 2.75) is 69.2 Å². The molecular formula is C27H36F9N3O7. The Kier molecular flexibility index (Phi) is 15.7. The van der Waals surface area contributed by atoms with E-state index in [1.807, 2.05) is 24.5 Å². The van der Waals surface area contributed by atoms with Gasteiger partial charge in [0, 0.05) is 44.2 Å². The van der Waals surface area contributed by atoms with Crippen molar-refractivity contribution in [3.05, 3.63) is 30.1 Å². The van der Waals surface area contributed by atoms with Crippen molar-refractivity contribution in [2.75, 3.05) is 39.8 Å². The predicted molar refractivity (Wildman–Crippen MR) is 141 cm³/mol. The van der Waals surface area contributed by atoms with Crippen molar-refractivity contribution in [2.24, 2.45) is 11.8 Å². The van der Waals surface area contributed by atoms with Gasteiger partial charge in [-0.3, -0.25) is 14.8 Å². The van der Waals surface area contributed by atoms with Crippen LogP contribution in [0.3, 0.4) is 0 Å². The van der Waals surface area contributed by atoms with Gasteiger partial charge in [-0.25, -0.2) is 14.4 Å². The summed E-state index contributed by atoms with van der Waals surface area (Å²) in [6.07, 6.45) is -3.14. The molecule has 2 saturated heterocycles. The zero-order valence-corrected chi connectivity index (χ0v) is 24.7. The molecule has 1 aromatic heterocycles. The summed E-state index contributed by atoms with van der Waals surface area (Å²) < 4.78 is 101. The summed E-state index contributed by atoms with van der Waals surface area (Å²) in [6, 6.07) is 4.09. The fourth-order valence-electron chi connectivity index (χ4n) is 5.22. The first-order chi connectivity index (χ1) is 21.1. The van der Waals surface area contributed by atoms with Crippen LogP contribution in [0, 0.1) is 11.8 Å². The van der Waals surface area contributed by atoms with Crippen LogP contribution in [0.1, 0.15) is 44.1 Å². The van der Waals surface area contributed by atoms with Gasteiger partial charge < -0.3 is 20.1 Å². The minimum absolute atomic E-state index is 0.432. The van der Waals surface area contributed by atoms with Crippen molar-refractivity contribution >= 4 is 17.9 Å². The Morgan fingerprint density at radius 2 is 1.26 bits per heavy atom. The van der Waals surface area contributed by atoms with Crippen LogP contribution in [-0.2, 0) is 25.7 Å². The molecule has 4 rings (SSSR count). The molecule has 1 spiro atoms. The van der Waals surface area contributed by atoms with Crippen LogP contribution in [0.15, 0.2) is 24.5 Å². The molecule has 3 fully saturated rings. The summed E-state index contributed by atoms with van der Waals surface area (Å²) in [5.41, 5.74) is 1.66. The second-order valence-electron chi connectivity index (χ2n) is 11.1. The van der Waals surface area contributed by atoms with Gasteiger partial charge in [0.05, 0.1) is 6.61 Å². The highest BCUT2D eigenvalue weighted by Gasteiger charge is 2.49. The minimum Gasteiger partial charge on any atom is -0.475 e. The number of aromatic nitrogens is 1. The molecule has 2 aliphatic heterocycles. The first-order valence-electron chi connectivity index (χ1n) is 13.9. The number of aliphatic carboxylic acids is 3. The molecule has 19 heteroatoms. The third-order valence-corrected chi connectivity index (χ3v) is 7.48. The van der Waals surface area contributed by atoms with Crippen molar-refractivity contribution in [3.63, 3.8) is 0 Å². The van der Waals surface area contributed by atoms with E-state index in [4.69, 9.17) is 34.4 Å². The van der Waals surface area contributed by atoms with E-state index in [2.05, 4.69) is 21.8 Å². The van der Waals surface area contributed by atoms with Crippen LogP contribution < -0.4 is 0 Å². The molecule has 0 amide bonds. The monoisotopic (exact) mass is 685 g/mol. The molecule has 0 radical (unpaired) electrons. The van der Waals surface area contributed by atoms with Crippen LogP contribution in [0.4, 0.5) is 39.5 Å². The molecule has 1 aliphatic carbocycles. The van der Waals surface area contributed by atoms with Crippen LogP contribution in [0.2, 0.25) is 0 Å². The normalized spacial score (nSPS) is 20.2. The molecule has 1 unspecified atom stereocenters. The number of piperidine rings is 1. The van der Waals surface area contributed by atoms with Gasteiger partial charge in [-0.15, -0.1) is 0 Å². The highest BCUT2D eigenvalue weighted by Crippen LogP contribution is 2.39. The molecule has 1 aromatic rings. The number of carboxylic acids is 3. The molecule has 10 nitrogen and oxygen atoms in total. The molecule has 0 bridgehead atoms. The third-order valence-electron chi connectivity index (χ3n) is 7.48. The number of pyridine rings is 1. The van der Waals surface area contributed by atoms with Crippen LogP contribution in [0.5, 0.6) is 0 Å². The lowest BCUT2D eigenvalue weighted by molar-refractivity contribution is -0.193. The molecule has 3 aliphatic rings. The van der Waals surface area contributed by atoms with E-state index >= 15 is 0 Å². The maximum absolute atomic E-state index is 10.6. The summed E-state index contributed by atoms with van der Waals surface area (Å²) in [4.78, 5) is 36.1. The van der Waals surface area contributed by atoms with Crippen molar-refractivity contribution in [1.82, 2.24) is 14.8 Å². The van der Waals surface area contributed by atoms with E-state index in [0.29, 0.717) is 11.5 Å². The topological polar surface area (TPSA) is 140 Å². The second-order valence-corrected chi connectivity index (χ2v) is 11.1. The fourth-order valence-corrected chi connectivity index (χ4v) is 5.22. The van der Waals surface area contributed by atoms with E-state index < -0.39 is 36.4 Å². The number of hydrogen-bond donors (Lipinski definition) is 3. The molecule has 1 atom stereocenters. The number of likely N-dealkylation sites (tertiary alicyclic amines) is 2. The fraction of sp³-hybridized carbons (Fsp3) is 0.704. The van der Waals surface area contributed by atoms with E-state index in [1.54, 1.807) is 0 Å². The Morgan fingerprint density at radius 3 is 1.67 bits per heavy atom. The number of alkyl halides is 9. The number of carbonyl (C=O) groups is 3. The van der Waals surface area contributed by atoms with E-state index in [-0.39, 0.29) is 0 Å². The first kappa shape index (κ1) is 40.8. The number of carboxylic acid groups (broad SMARTS) is 3. The van der Waals surface area contributed by atoms with Crippen LogP contribution in [0.25, 0.3) is 0 Å². The lowest BCUT2D eigenvalue weighted by Gasteiger charge is -2.59. The zero-order chi connectivity index (χ0) is 35.3. The van der Waals surface area contributed by atoms with Crippen LogP contribution in [-0.4, -0.2) is 112 Å². The second kappa shape index (κ2) is 17.7. The van der Waals surface area contributed by atoms with Gasteiger partial charge in [-0.1, -0.05) is 12.8 Å². The number of nitrogens with zero attached hydrogens (tertiary/aromatic N) is 3. The van der Waals surface area contributed by atoms with Gasteiger partial charge in [0.1, 0.15) is 0 Å². The lowest BCUT2D eigenvalue weighted by atomic mass is 9.75.